The van der Waals surface area contributed by atoms with E-state index in [1.54, 1.807) is 21.1 Å². The lowest BCUT2D eigenvalue weighted by Crippen LogP contribution is -2.02. The Morgan fingerprint density at radius 2 is 1.69 bits per heavy atom. The van der Waals surface area contributed by atoms with Gasteiger partial charge in [0.2, 0.25) is 0 Å². The van der Waals surface area contributed by atoms with Gasteiger partial charge in [0, 0.05) is 27.4 Å². The zero-order valence-electron chi connectivity index (χ0n) is 8.75. The van der Waals surface area contributed by atoms with Crippen LogP contribution in [0.25, 0.3) is 0 Å². The molecule has 0 rings (SSSR count). The third-order valence-electron chi connectivity index (χ3n) is 1.73. The summed E-state index contributed by atoms with van der Waals surface area (Å²) in [7, 11) is 3.35. The molecule has 0 saturated heterocycles. The molecular weight excluding hydrogens is 168 g/mol. The monoisotopic (exact) mass is 188 g/mol. The number of rotatable bonds is 7. The van der Waals surface area contributed by atoms with E-state index in [0.717, 1.165) is 12.8 Å². The first-order valence-corrected chi connectivity index (χ1v) is 4.56. The van der Waals surface area contributed by atoms with Crippen LogP contribution in [0.5, 0.6) is 0 Å². The minimum absolute atomic E-state index is 0.385. The van der Waals surface area contributed by atoms with Crippen molar-refractivity contribution < 1.29 is 14.6 Å². The van der Waals surface area contributed by atoms with Gasteiger partial charge in [0.15, 0.2) is 0 Å². The van der Waals surface area contributed by atoms with E-state index < -0.39 is 0 Å². The zero-order valence-corrected chi connectivity index (χ0v) is 8.75. The number of hydrogen-bond donors (Lipinski definition) is 1. The largest absolute Gasteiger partial charge is 0.389 e. The lowest BCUT2D eigenvalue weighted by molar-refractivity contribution is 0.186. The van der Waals surface area contributed by atoms with Crippen LogP contribution in [0.4, 0.5) is 0 Å². The van der Waals surface area contributed by atoms with E-state index in [9.17, 15) is 0 Å². The molecule has 0 aromatic rings. The first-order valence-electron chi connectivity index (χ1n) is 4.56. The van der Waals surface area contributed by atoms with Crippen molar-refractivity contribution in [2.24, 2.45) is 0 Å². The number of aliphatic hydroxyl groups excluding tert-OH is 1. The summed E-state index contributed by atoms with van der Waals surface area (Å²) in [5, 5.41) is 9.16. The normalized spacial score (nSPS) is 12.6. The fourth-order valence-electron chi connectivity index (χ4n) is 1.10. The van der Waals surface area contributed by atoms with Gasteiger partial charge >= 0.3 is 0 Å². The van der Waals surface area contributed by atoms with Crippen molar-refractivity contribution in [2.75, 3.05) is 27.4 Å². The molecule has 0 bridgehead atoms. The molecule has 3 nitrogen and oxygen atoms in total. The average Bonchev–Trinajstić information content (AvgIpc) is 2.09. The van der Waals surface area contributed by atoms with Gasteiger partial charge in [-0.25, -0.2) is 0 Å². The summed E-state index contributed by atoms with van der Waals surface area (Å²) in [5.41, 5.74) is 1.19. The smallest absolute Gasteiger partial charge is 0.0695 e. The van der Waals surface area contributed by atoms with E-state index in [0.29, 0.717) is 13.2 Å². The molecule has 0 saturated carbocycles. The SMILES string of the molecule is COCCC(=CC(C)O)CCOC. The van der Waals surface area contributed by atoms with Crippen LogP contribution >= 0.6 is 0 Å². The maximum absolute atomic E-state index is 9.16. The number of hydrogen-bond acceptors (Lipinski definition) is 3. The predicted octanol–water partition coefficient (Wildman–Crippen LogP) is 1.37. The van der Waals surface area contributed by atoms with Crippen molar-refractivity contribution >= 4 is 0 Å². The maximum atomic E-state index is 9.16. The van der Waals surface area contributed by atoms with Gasteiger partial charge in [-0.15, -0.1) is 0 Å². The number of ether oxygens (including phenoxy) is 2. The fraction of sp³-hybridized carbons (Fsp3) is 0.800. The third kappa shape index (κ3) is 7.96. The summed E-state index contributed by atoms with van der Waals surface area (Å²) in [4.78, 5) is 0. The van der Waals surface area contributed by atoms with Crippen LogP contribution in [0.15, 0.2) is 11.6 Å². The van der Waals surface area contributed by atoms with Crippen molar-refractivity contribution in [3.8, 4) is 0 Å². The van der Waals surface area contributed by atoms with Crippen LogP contribution < -0.4 is 0 Å². The number of methoxy groups -OCH3 is 2. The second-order valence-corrected chi connectivity index (χ2v) is 3.05. The van der Waals surface area contributed by atoms with E-state index in [4.69, 9.17) is 14.6 Å². The van der Waals surface area contributed by atoms with E-state index in [1.165, 1.54) is 5.57 Å². The van der Waals surface area contributed by atoms with Gasteiger partial charge in [-0.05, 0) is 19.8 Å². The van der Waals surface area contributed by atoms with Crippen molar-refractivity contribution in [3.05, 3.63) is 11.6 Å². The molecule has 0 heterocycles. The predicted molar refractivity (Wildman–Crippen MR) is 52.7 cm³/mol. The Morgan fingerprint density at radius 1 is 1.23 bits per heavy atom. The molecule has 78 valence electrons. The Hall–Kier alpha value is -0.380. The van der Waals surface area contributed by atoms with Gasteiger partial charge < -0.3 is 14.6 Å². The Balaban J connectivity index is 3.87. The van der Waals surface area contributed by atoms with Crippen LogP contribution in [-0.2, 0) is 9.47 Å². The molecule has 1 atom stereocenters. The fourth-order valence-corrected chi connectivity index (χ4v) is 1.10. The highest BCUT2D eigenvalue weighted by atomic mass is 16.5. The summed E-state index contributed by atoms with van der Waals surface area (Å²) in [6, 6.07) is 0. The van der Waals surface area contributed by atoms with Gasteiger partial charge in [-0.3, -0.25) is 0 Å². The molecule has 0 radical (unpaired) electrons. The van der Waals surface area contributed by atoms with Gasteiger partial charge in [0.05, 0.1) is 6.10 Å². The summed E-state index contributed by atoms with van der Waals surface area (Å²) < 4.78 is 9.94. The third-order valence-corrected chi connectivity index (χ3v) is 1.73. The Kier molecular flexibility index (Phi) is 7.99. The molecule has 0 aromatic heterocycles. The lowest BCUT2D eigenvalue weighted by Gasteiger charge is -2.07. The maximum Gasteiger partial charge on any atom is 0.0695 e. The molecule has 3 heteroatoms. The molecule has 0 spiro atoms. The van der Waals surface area contributed by atoms with Crippen LogP contribution in [0.1, 0.15) is 19.8 Å². The van der Waals surface area contributed by atoms with E-state index in [-0.39, 0.29) is 6.10 Å². The van der Waals surface area contributed by atoms with Gasteiger partial charge in [-0.1, -0.05) is 11.6 Å². The molecule has 0 aliphatic carbocycles. The lowest BCUT2D eigenvalue weighted by atomic mass is 10.1. The summed E-state index contributed by atoms with van der Waals surface area (Å²) >= 11 is 0. The standard InChI is InChI=1S/C10H20O3/c1-9(11)8-10(4-6-12-2)5-7-13-3/h8-9,11H,4-7H2,1-3H3. The van der Waals surface area contributed by atoms with Crippen LogP contribution in [-0.4, -0.2) is 38.6 Å². The Labute approximate surface area is 80.4 Å². The molecule has 0 amide bonds. The molecule has 1 N–H and O–H groups in total. The molecule has 0 aliphatic heterocycles. The van der Waals surface area contributed by atoms with Crippen LogP contribution in [0, 0.1) is 0 Å². The van der Waals surface area contributed by atoms with E-state index in [1.807, 2.05) is 6.08 Å². The molecular formula is C10H20O3. The molecule has 0 aliphatic rings. The summed E-state index contributed by atoms with van der Waals surface area (Å²) in [6.07, 6.45) is 3.21. The number of aliphatic hydroxyl groups is 1. The first-order chi connectivity index (χ1) is 6.20. The second kappa shape index (κ2) is 8.23. The van der Waals surface area contributed by atoms with Gasteiger partial charge in [-0.2, -0.15) is 0 Å². The zero-order chi connectivity index (χ0) is 10.1. The molecule has 13 heavy (non-hydrogen) atoms. The minimum Gasteiger partial charge on any atom is -0.389 e. The van der Waals surface area contributed by atoms with Crippen molar-refractivity contribution in [1.82, 2.24) is 0 Å². The molecule has 1 unspecified atom stereocenters. The Bertz CT molecular complexity index is 131. The van der Waals surface area contributed by atoms with Gasteiger partial charge in [0.1, 0.15) is 0 Å². The highest BCUT2D eigenvalue weighted by Crippen LogP contribution is 2.08. The Morgan fingerprint density at radius 3 is 2.00 bits per heavy atom. The van der Waals surface area contributed by atoms with E-state index >= 15 is 0 Å². The van der Waals surface area contributed by atoms with Crippen LogP contribution in [0.3, 0.4) is 0 Å². The highest BCUT2D eigenvalue weighted by Gasteiger charge is 1.99. The van der Waals surface area contributed by atoms with Gasteiger partial charge in [0.25, 0.3) is 0 Å². The molecule has 0 fully saturated rings. The first kappa shape index (κ1) is 12.6. The highest BCUT2D eigenvalue weighted by molar-refractivity contribution is 5.04. The van der Waals surface area contributed by atoms with Crippen molar-refractivity contribution in [2.45, 2.75) is 25.9 Å². The van der Waals surface area contributed by atoms with Crippen molar-refractivity contribution in [1.29, 1.82) is 0 Å². The summed E-state index contributed by atoms with van der Waals surface area (Å²) in [5.74, 6) is 0. The second-order valence-electron chi connectivity index (χ2n) is 3.05. The van der Waals surface area contributed by atoms with E-state index in [2.05, 4.69) is 0 Å². The van der Waals surface area contributed by atoms with Crippen molar-refractivity contribution in [3.63, 3.8) is 0 Å². The summed E-state index contributed by atoms with van der Waals surface area (Å²) in [6.45, 7) is 3.14. The minimum atomic E-state index is -0.385. The quantitative estimate of drug-likeness (QED) is 0.613. The average molecular weight is 188 g/mol. The molecule has 0 aromatic carbocycles. The topological polar surface area (TPSA) is 38.7 Å². The van der Waals surface area contributed by atoms with Crippen LogP contribution in [0.2, 0.25) is 0 Å².